The second kappa shape index (κ2) is 6.04. The zero-order chi connectivity index (χ0) is 14.7. The number of carboxylic acids is 1. The molecule has 0 fully saturated rings. The van der Waals surface area contributed by atoms with Gasteiger partial charge in [0.05, 0.1) is 19.6 Å². The van der Waals surface area contributed by atoms with Crippen molar-refractivity contribution in [1.82, 2.24) is 9.78 Å². The van der Waals surface area contributed by atoms with Gasteiger partial charge in [-0.2, -0.15) is 5.10 Å². The average Bonchev–Trinajstić information content (AvgIpc) is 2.77. The van der Waals surface area contributed by atoms with Gasteiger partial charge in [0, 0.05) is 17.3 Å². The molecule has 1 aromatic heterocycles. The van der Waals surface area contributed by atoms with E-state index in [0.717, 1.165) is 30.5 Å². The molecule has 0 saturated heterocycles. The number of carboxylic acid groups (broad SMARTS) is 1. The first-order chi connectivity index (χ1) is 9.54. The number of carbonyl (C=O) groups is 2. The molecule has 1 aliphatic rings. The summed E-state index contributed by atoms with van der Waals surface area (Å²) in [6.45, 7) is 2.24. The van der Waals surface area contributed by atoms with Gasteiger partial charge in [-0.1, -0.05) is 0 Å². The van der Waals surface area contributed by atoms with Crippen molar-refractivity contribution in [3.8, 4) is 0 Å². The third-order valence-electron chi connectivity index (χ3n) is 3.40. The Bertz CT molecular complexity index is 524. The minimum Gasteiger partial charge on any atom is -0.481 e. The minimum absolute atomic E-state index is 0.0361. The summed E-state index contributed by atoms with van der Waals surface area (Å²) in [5.41, 5.74) is 7.90. The molecule has 0 bridgehead atoms. The predicted molar refractivity (Wildman–Crippen MR) is 70.3 cm³/mol. The van der Waals surface area contributed by atoms with Gasteiger partial charge in [0.1, 0.15) is 0 Å². The van der Waals surface area contributed by atoms with E-state index in [1.165, 1.54) is 0 Å². The molecule has 20 heavy (non-hydrogen) atoms. The van der Waals surface area contributed by atoms with Crippen LogP contribution < -0.4 is 5.73 Å². The lowest BCUT2D eigenvalue weighted by molar-refractivity contribution is -0.137. The van der Waals surface area contributed by atoms with Crippen LogP contribution in [0.5, 0.6) is 0 Å². The summed E-state index contributed by atoms with van der Waals surface area (Å²) >= 11 is 0. The highest BCUT2D eigenvalue weighted by atomic mass is 16.5. The number of aryl methyl sites for hydroxylation is 1. The van der Waals surface area contributed by atoms with Gasteiger partial charge in [-0.15, -0.1) is 0 Å². The number of fused-ring (bicyclic) bond motifs is 1. The van der Waals surface area contributed by atoms with Crippen LogP contribution in [0.1, 0.15) is 54.0 Å². The normalized spacial score (nSPS) is 17.6. The molecule has 0 aliphatic heterocycles. The van der Waals surface area contributed by atoms with Gasteiger partial charge in [-0.05, 0) is 26.2 Å². The summed E-state index contributed by atoms with van der Waals surface area (Å²) in [6.07, 6.45) is 2.43. The lowest BCUT2D eigenvalue weighted by Crippen LogP contribution is -2.21. The Hall–Kier alpha value is -1.89. The molecule has 7 heteroatoms. The van der Waals surface area contributed by atoms with Crippen LogP contribution in [0, 0.1) is 0 Å². The van der Waals surface area contributed by atoms with Gasteiger partial charge in [-0.3, -0.25) is 9.48 Å². The van der Waals surface area contributed by atoms with E-state index in [1.807, 2.05) is 0 Å². The predicted octanol–water partition coefficient (Wildman–Crippen LogP) is 0.871. The van der Waals surface area contributed by atoms with Crippen molar-refractivity contribution < 1.29 is 19.4 Å². The molecule has 1 aliphatic carbocycles. The average molecular weight is 281 g/mol. The van der Waals surface area contributed by atoms with Crippen molar-refractivity contribution in [3.05, 3.63) is 17.0 Å². The summed E-state index contributed by atoms with van der Waals surface area (Å²) < 4.78 is 6.59. The third-order valence-corrected chi connectivity index (χ3v) is 3.40. The number of hydrogen-bond donors (Lipinski definition) is 2. The highest BCUT2D eigenvalue weighted by molar-refractivity contribution is 5.89. The molecule has 3 N–H and O–H groups in total. The van der Waals surface area contributed by atoms with E-state index in [9.17, 15) is 9.59 Å². The van der Waals surface area contributed by atoms with E-state index in [1.54, 1.807) is 11.6 Å². The van der Waals surface area contributed by atoms with Crippen LogP contribution in [-0.4, -0.2) is 33.4 Å². The molecule has 1 atom stereocenters. The summed E-state index contributed by atoms with van der Waals surface area (Å²) in [4.78, 5) is 22.6. The smallest absolute Gasteiger partial charge is 0.359 e. The summed E-state index contributed by atoms with van der Waals surface area (Å²) in [5, 5.41) is 13.0. The lowest BCUT2D eigenvalue weighted by atomic mass is 9.91. The van der Waals surface area contributed by atoms with E-state index in [2.05, 4.69) is 5.10 Å². The number of nitrogens with zero attached hydrogens (tertiary/aromatic N) is 2. The monoisotopic (exact) mass is 281 g/mol. The highest BCUT2D eigenvalue weighted by Gasteiger charge is 2.30. The van der Waals surface area contributed by atoms with Crippen LogP contribution in [-0.2, 0) is 22.5 Å². The van der Waals surface area contributed by atoms with E-state index in [4.69, 9.17) is 15.6 Å². The van der Waals surface area contributed by atoms with Crippen molar-refractivity contribution in [2.24, 2.45) is 5.73 Å². The molecule has 1 aromatic rings. The van der Waals surface area contributed by atoms with E-state index in [-0.39, 0.29) is 31.3 Å². The molecule has 7 nitrogen and oxygen atoms in total. The Morgan fingerprint density at radius 3 is 2.95 bits per heavy atom. The number of esters is 1. The fraction of sp³-hybridized carbons (Fsp3) is 0.615. The molecule has 1 unspecified atom stereocenters. The molecule has 0 radical (unpaired) electrons. The van der Waals surface area contributed by atoms with Gasteiger partial charge in [0.15, 0.2) is 5.69 Å². The van der Waals surface area contributed by atoms with Gasteiger partial charge >= 0.3 is 11.9 Å². The van der Waals surface area contributed by atoms with Crippen LogP contribution in [0.3, 0.4) is 0 Å². The topological polar surface area (TPSA) is 107 Å². The molecular formula is C13H19N3O4. The van der Waals surface area contributed by atoms with Gasteiger partial charge in [0.25, 0.3) is 0 Å². The molecule has 2 rings (SSSR count). The first kappa shape index (κ1) is 14.5. The first-order valence-electron chi connectivity index (χ1n) is 6.78. The van der Waals surface area contributed by atoms with E-state index < -0.39 is 11.9 Å². The fourth-order valence-corrected chi connectivity index (χ4v) is 2.53. The number of rotatable bonds is 5. The number of aliphatic carboxylic acids is 1. The maximum atomic E-state index is 11.9. The minimum atomic E-state index is -0.896. The van der Waals surface area contributed by atoms with Gasteiger partial charge < -0.3 is 15.6 Å². The Labute approximate surface area is 116 Å². The molecule has 0 spiro atoms. The number of hydrogen-bond acceptors (Lipinski definition) is 5. The van der Waals surface area contributed by atoms with Crippen molar-refractivity contribution in [1.29, 1.82) is 0 Å². The van der Waals surface area contributed by atoms with Crippen LogP contribution in [0.25, 0.3) is 0 Å². The fourth-order valence-electron chi connectivity index (χ4n) is 2.53. The Morgan fingerprint density at radius 2 is 2.30 bits per heavy atom. The van der Waals surface area contributed by atoms with E-state index in [0.29, 0.717) is 0 Å². The molecular weight excluding hydrogens is 262 g/mol. The standard InChI is InChI=1S/C13H19N3O4/c1-2-20-13(19)12-11-8(14)4-3-5-9(11)16(15-12)7-6-10(17)18/h8H,2-7,14H2,1H3,(H,17,18). The zero-order valence-corrected chi connectivity index (χ0v) is 11.5. The number of carbonyl (C=O) groups excluding carboxylic acids is 1. The SMILES string of the molecule is CCOC(=O)c1nn(CCC(=O)O)c2c1C(N)CCC2. The Balaban J connectivity index is 2.36. The second-order valence-electron chi connectivity index (χ2n) is 4.80. The van der Waals surface area contributed by atoms with Crippen molar-refractivity contribution >= 4 is 11.9 Å². The summed E-state index contributed by atoms with van der Waals surface area (Å²) in [7, 11) is 0. The Kier molecular flexibility index (Phi) is 4.39. The van der Waals surface area contributed by atoms with Crippen LogP contribution in [0.2, 0.25) is 0 Å². The maximum Gasteiger partial charge on any atom is 0.359 e. The maximum absolute atomic E-state index is 11.9. The summed E-state index contributed by atoms with van der Waals surface area (Å²) in [5.74, 6) is -1.39. The van der Waals surface area contributed by atoms with Crippen molar-refractivity contribution in [2.75, 3.05) is 6.61 Å². The number of nitrogens with two attached hydrogens (primary N) is 1. The molecule has 0 saturated carbocycles. The molecule has 1 heterocycles. The first-order valence-corrected chi connectivity index (χ1v) is 6.78. The van der Waals surface area contributed by atoms with E-state index >= 15 is 0 Å². The number of aromatic nitrogens is 2. The molecule has 110 valence electrons. The van der Waals surface area contributed by atoms with Crippen LogP contribution in [0.15, 0.2) is 0 Å². The van der Waals surface area contributed by atoms with Gasteiger partial charge in [0.2, 0.25) is 0 Å². The third kappa shape index (κ3) is 2.82. The van der Waals surface area contributed by atoms with Crippen LogP contribution in [0.4, 0.5) is 0 Å². The lowest BCUT2D eigenvalue weighted by Gasteiger charge is -2.20. The van der Waals surface area contributed by atoms with Crippen LogP contribution >= 0.6 is 0 Å². The number of ether oxygens (including phenoxy) is 1. The quantitative estimate of drug-likeness (QED) is 0.775. The Morgan fingerprint density at radius 1 is 1.55 bits per heavy atom. The largest absolute Gasteiger partial charge is 0.481 e. The van der Waals surface area contributed by atoms with Crippen molar-refractivity contribution in [2.45, 2.75) is 45.2 Å². The summed E-state index contributed by atoms with van der Waals surface area (Å²) in [6, 6.07) is -0.239. The van der Waals surface area contributed by atoms with Gasteiger partial charge in [-0.25, -0.2) is 4.79 Å². The second-order valence-corrected chi connectivity index (χ2v) is 4.80. The zero-order valence-electron chi connectivity index (χ0n) is 11.5. The highest BCUT2D eigenvalue weighted by Crippen LogP contribution is 2.31. The molecule has 0 aromatic carbocycles. The van der Waals surface area contributed by atoms with Crippen molar-refractivity contribution in [3.63, 3.8) is 0 Å². The molecule has 0 amide bonds.